The van der Waals surface area contributed by atoms with Crippen molar-refractivity contribution in [3.63, 3.8) is 0 Å². The lowest BCUT2D eigenvalue weighted by molar-refractivity contribution is -0.139. The molecule has 0 spiro atoms. The van der Waals surface area contributed by atoms with Crippen LogP contribution < -0.4 is 5.32 Å². The SMILES string of the molecule is CC[C@H](NC(=O)c1ccc(CS(C)(=O)=O)cc1)C(=O)O. The normalized spacial score (nSPS) is 12.7. The van der Waals surface area contributed by atoms with Crippen LogP contribution in [0.15, 0.2) is 24.3 Å². The number of carboxylic acids is 1. The van der Waals surface area contributed by atoms with Gasteiger partial charge in [0.1, 0.15) is 6.04 Å². The maximum absolute atomic E-state index is 11.8. The second kappa shape index (κ2) is 6.51. The van der Waals surface area contributed by atoms with Crippen molar-refractivity contribution < 1.29 is 23.1 Å². The van der Waals surface area contributed by atoms with Gasteiger partial charge < -0.3 is 10.4 Å². The number of hydrogen-bond donors (Lipinski definition) is 2. The highest BCUT2D eigenvalue weighted by Crippen LogP contribution is 2.08. The third-order valence-corrected chi connectivity index (χ3v) is 3.51. The summed E-state index contributed by atoms with van der Waals surface area (Å²) in [6.07, 6.45) is 1.42. The summed E-state index contributed by atoms with van der Waals surface area (Å²) in [5, 5.41) is 11.3. The molecule has 7 heteroatoms. The van der Waals surface area contributed by atoms with E-state index in [1.807, 2.05) is 0 Å². The molecule has 1 rings (SSSR count). The lowest BCUT2D eigenvalue weighted by Gasteiger charge is -2.12. The Morgan fingerprint density at radius 1 is 1.25 bits per heavy atom. The van der Waals surface area contributed by atoms with Crippen LogP contribution in [0.5, 0.6) is 0 Å². The molecule has 110 valence electrons. The van der Waals surface area contributed by atoms with E-state index in [2.05, 4.69) is 5.32 Å². The molecule has 0 aliphatic carbocycles. The van der Waals surface area contributed by atoms with Crippen LogP contribution in [0.2, 0.25) is 0 Å². The number of aliphatic carboxylic acids is 1. The smallest absolute Gasteiger partial charge is 0.326 e. The quantitative estimate of drug-likeness (QED) is 0.810. The van der Waals surface area contributed by atoms with Gasteiger partial charge in [-0.3, -0.25) is 4.79 Å². The predicted octanol–water partition coefficient (Wildman–Crippen LogP) is 0.824. The summed E-state index contributed by atoms with van der Waals surface area (Å²) in [5.74, 6) is -1.68. The average molecular weight is 299 g/mol. The Balaban J connectivity index is 2.78. The van der Waals surface area contributed by atoms with Gasteiger partial charge in [-0.25, -0.2) is 13.2 Å². The average Bonchev–Trinajstić information content (AvgIpc) is 2.34. The van der Waals surface area contributed by atoms with E-state index in [9.17, 15) is 18.0 Å². The van der Waals surface area contributed by atoms with Gasteiger partial charge in [0.25, 0.3) is 5.91 Å². The van der Waals surface area contributed by atoms with Gasteiger partial charge in [0.2, 0.25) is 0 Å². The van der Waals surface area contributed by atoms with Crippen LogP contribution in [0.3, 0.4) is 0 Å². The molecule has 0 bridgehead atoms. The number of carbonyl (C=O) groups excluding carboxylic acids is 1. The number of carbonyl (C=O) groups is 2. The Morgan fingerprint density at radius 2 is 1.80 bits per heavy atom. The van der Waals surface area contributed by atoms with Crippen molar-refractivity contribution in [3.05, 3.63) is 35.4 Å². The molecule has 1 amide bonds. The number of carboxylic acid groups (broad SMARTS) is 1. The van der Waals surface area contributed by atoms with Crippen LogP contribution in [0.1, 0.15) is 29.3 Å². The van der Waals surface area contributed by atoms with Crippen LogP contribution in [0.4, 0.5) is 0 Å². The predicted molar refractivity (Wildman–Crippen MR) is 74.2 cm³/mol. The number of sulfone groups is 1. The zero-order valence-corrected chi connectivity index (χ0v) is 12.1. The molecule has 0 radical (unpaired) electrons. The largest absolute Gasteiger partial charge is 0.480 e. The van der Waals surface area contributed by atoms with Gasteiger partial charge in [0.15, 0.2) is 9.84 Å². The van der Waals surface area contributed by atoms with Gasteiger partial charge in [-0.15, -0.1) is 0 Å². The highest BCUT2D eigenvalue weighted by Gasteiger charge is 2.18. The van der Waals surface area contributed by atoms with Crippen LogP contribution in [-0.4, -0.2) is 37.7 Å². The van der Waals surface area contributed by atoms with Gasteiger partial charge in [0, 0.05) is 11.8 Å². The maximum atomic E-state index is 11.8. The lowest BCUT2D eigenvalue weighted by Crippen LogP contribution is -2.40. The van der Waals surface area contributed by atoms with Crippen molar-refractivity contribution in [2.75, 3.05) is 6.26 Å². The Morgan fingerprint density at radius 3 is 2.20 bits per heavy atom. The first-order chi connectivity index (χ1) is 9.23. The van der Waals surface area contributed by atoms with Gasteiger partial charge in [0.05, 0.1) is 5.75 Å². The zero-order valence-electron chi connectivity index (χ0n) is 11.3. The van der Waals surface area contributed by atoms with E-state index in [0.29, 0.717) is 11.1 Å². The maximum Gasteiger partial charge on any atom is 0.326 e. The molecule has 20 heavy (non-hydrogen) atoms. The molecule has 6 nitrogen and oxygen atoms in total. The summed E-state index contributed by atoms with van der Waals surface area (Å²) in [6.45, 7) is 1.66. The van der Waals surface area contributed by atoms with Crippen molar-refractivity contribution in [1.82, 2.24) is 5.32 Å². The number of rotatable bonds is 6. The highest BCUT2D eigenvalue weighted by atomic mass is 32.2. The fourth-order valence-electron chi connectivity index (χ4n) is 1.64. The number of amides is 1. The van der Waals surface area contributed by atoms with E-state index >= 15 is 0 Å². The molecule has 0 unspecified atom stereocenters. The topological polar surface area (TPSA) is 101 Å². The molecule has 1 atom stereocenters. The van der Waals surface area contributed by atoms with Crippen molar-refractivity contribution in [2.45, 2.75) is 25.1 Å². The zero-order chi connectivity index (χ0) is 15.3. The monoisotopic (exact) mass is 299 g/mol. The molecule has 0 aromatic heterocycles. The minimum absolute atomic E-state index is 0.0956. The molecular formula is C13H17NO5S. The van der Waals surface area contributed by atoms with Gasteiger partial charge in [-0.05, 0) is 24.1 Å². The Labute approximate surface area is 117 Å². The molecule has 0 aliphatic rings. The molecule has 1 aromatic rings. The molecule has 1 aromatic carbocycles. The Hall–Kier alpha value is -1.89. The molecule has 2 N–H and O–H groups in total. The van der Waals surface area contributed by atoms with Crippen LogP contribution in [-0.2, 0) is 20.4 Å². The van der Waals surface area contributed by atoms with Crippen LogP contribution in [0.25, 0.3) is 0 Å². The first-order valence-electron chi connectivity index (χ1n) is 6.03. The summed E-state index contributed by atoms with van der Waals surface area (Å²) in [7, 11) is -3.12. The summed E-state index contributed by atoms with van der Waals surface area (Å²) in [4.78, 5) is 22.6. The first kappa shape index (κ1) is 16.2. The summed E-state index contributed by atoms with van der Waals surface area (Å²) in [5.41, 5.74) is 0.872. The molecule has 0 saturated heterocycles. The summed E-state index contributed by atoms with van der Waals surface area (Å²) < 4.78 is 22.3. The number of hydrogen-bond acceptors (Lipinski definition) is 4. The second-order valence-electron chi connectivity index (χ2n) is 4.54. The first-order valence-corrected chi connectivity index (χ1v) is 8.09. The standard InChI is InChI=1S/C13H17NO5S/c1-3-11(13(16)17)14-12(15)10-6-4-9(5-7-10)8-20(2,18)19/h4-7,11H,3,8H2,1-2H3,(H,14,15)(H,16,17)/t11-/m0/s1. The molecule has 0 heterocycles. The van der Waals surface area contributed by atoms with Crippen LogP contribution in [0, 0.1) is 0 Å². The molecule has 0 saturated carbocycles. The van der Waals surface area contributed by atoms with E-state index in [4.69, 9.17) is 5.11 Å². The molecule has 0 fully saturated rings. The van der Waals surface area contributed by atoms with E-state index in [1.54, 1.807) is 6.92 Å². The summed E-state index contributed by atoms with van der Waals surface area (Å²) >= 11 is 0. The van der Waals surface area contributed by atoms with Gasteiger partial charge >= 0.3 is 5.97 Å². The van der Waals surface area contributed by atoms with Gasteiger partial charge in [-0.2, -0.15) is 0 Å². The Bertz CT molecular complexity index is 592. The molecule has 0 aliphatic heterocycles. The van der Waals surface area contributed by atoms with E-state index < -0.39 is 27.8 Å². The fourth-order valence-corrected chi connectivity index (χ4v) is 2.43. The lowest BCUT2D eigenvalue weighted by atomic mass is 10.1. The molecular weight excluding hydrogens is 282 g/mol. The summed E-state index contributed by atoms with van der Waals surface area (Å²) in [6, 6.07) is 5.10. The van der Waals surface area contributed by atoms with E-state index in [0.717, 1.165) is 6.26 Å². The fraction of sp³-hybridized carbons (Fsp3) is 0.385. The number of benzene rings is 1. The third kappa shape index (κ3) is 5.00. The van der Waals surface area contributed by atoms with Crippen molar-refractivity contribution in [3.8, 4) is 0 Å². The minimum Gasteiger partial charge on any atom is -0.480 e. The Kier molecular flexibility index (Phi) is 5.26. The van der Waals surface area contributed by atoms with E-state index in [-0.39, 0.29) is 12.2 Å². The van der Waals surface area contributed by atoms with Crippen molar-refractivity contribution >= 4 is 21.7 Å². The van der Waals surface area contributed by atoms with Crippen molar-refractivity contribution in [1.29, 1.82) is 0 Å². The third-order valence-electron chi connectivity index (χ3n) is 2.66. The van der Waals surface area contributed by atoms with Crippen molar-refractivity contribution in [2.24, 2.45) is 0 Å². The number of nitrogens with one attached hydrogen (secondary N) is 1. The second-order valence-corrected chi connectivity index (χ2v) is 6.68. The van der Waals surface area contributed by atoms with E-state index in [1.165, 1.54) is 24.3 Å². The van der Waals surface area contributed by atoms with Crippen LogP contribution >= 0.6 is 0 Å². The van der Waals surface area contributed by atoms with Gasteiger partial charge in [-0.1, -0.05) is 19.1 Å². The minimum atomic E-state index is -3.12. The highest BCUT2D eigenvalue weighted by molar-refractivity contribution is 7.89.